The molecule has 1 atom stereocenters. The number of amides is 3. The molecule has 24 heavy (non-hydrogen) atoms. The maximum absolute atomic E-state index is 12.1. The number of urea groups is 1. The van der Waals surface area contributed by atoms with E-state index in [1.165, 1.54) is 0 Å². The van der Waals surface area contributed by atoms with E-state index in [2.05, 4.69) is 20.9 Å². The molecule has 0 fully saturated rings. The van der Waals surface area contributed by atoms with E-state index in [-0.39, 0.29) is 12.5 Å². The largest absolute Gasteiger partial charge is 0.355 e. The molecule has 1 aromatic carbocycles. The highest BCUT2D eigenvalue weighted by Crippen LogP contribution is 2.22. The van der Waals surface area contributed by atoms with Crippen LogP contribution in [0.25, 0.3) is 0 Å². The van der Waals surface area contributed by atoms with E-state index < -0.39 is 12.1 Å². The van der Waals surface area contributed by atoms with Gasteiger partial charge in [0.1, 0.15) is 0 Å². The lowest BCUT2D eigenvalue weighted by Gasteiger charge is -2.19. The molecule has 1 heterocycles. The first-order chi connectivity index (χ1) is 11.6. The average Bonchev–Trinajstić information content (AvgIpc) is 2.59. The van der Waals surface area contributed by atoms with Crippen LogP contribution in [0.3, 0.4) is 0 Å². The first-order valence-electron chi connectivity index (χ1n) is 7.57. The summed E-state index contributed by atoms with van der Waals surface area (Å²) in [5.41, 5.74) is 1.47. The van der Waals surface area contributed by atoms with Crippen LogP contribution >= 0.6 is 11.6 Å². The van der Waals surface area contributed by atoms with Crippen LogP contribution in [0.5, 0.6) is 0 Å². The fraction of sp³-hybridized carbons (Fsp3) is 0.235. The van der Waals surface area contributed by atoms with Crippen molar-refractivity contribution >= 4 is 23.5 Å². The number of pyridine rings is 1. The van der Waals surface area contributed by atoms with Crippen LogP contribution < -0.4 is 16.0 Å². The van der Waals surface area contributed by atoms with Gasteiger partial charge in [-0.1, -0.05) is 29.8 Å². The zero-order valence-electron chi connectivity index (χ0n) is 13.3. The van der Waals surface area contributed by atoms with Gasteiger partial charge in [0.15, 0.2) is 0 Å². The van der Waals surface area contributed by atoms with Gasteiger partial charge in [-0.3, -0.25) is 9.78 Å². The van der Waals surface area contributed by atoms with Gasteiger partial charge in [-0.15, -0.1) is 0 Å². The Morgan fingerprint density at radius 1 is 1.17 bits per heavy atom. The van der Waals surface area contributed by atoms with E-state index in [4.69, 9.17) is 11.6 Å². The number of nitrogens with one attached hydrogen (secondary N) is 3. The maximum atomic E-state index is 12.1. The van der Waals surface area contributed by atoms with Crippen molar-refractivity contribution in [2.45, 2.75) is 13.0 Å². The number of carbonyl (C=O) groups excluding carboxylic acids is 2. The van der Waals surface area contributed by atoms with Gasteiger partial charge < -0.3 is 16.0 Å². The minimum absolute atomic E-state index is 0.0931. The molecular weight excluding hydrogens is 328 g/mol. The predicted molar refractivity (Wildman–Crippen MR) is 92.8 cm³/mol. The third-order valence-corrected chi connectivity index (χ3v) is 3.46. The van der Waals surface area contributed by atoms with Crippen LogP contribution in [0.4, 0.5) is 4.79 Å². The highest BCUT2D eigenvalue weighted by atomic mass is 35.5. The molecule has 0 bridgehead atoms. The molecule has 0 aliphatic carbocycles. The third kappa shape index (κ3) is 5.24. The van der Waals surface area contributed by atoms with Gasteiger partial charge in [-0.25, -0.2) is 4.79 Å². The quantitative estimate of drug-likeness (QED) is 0.750. The summed E-state index contributed by atoms with van der Waals surface area (Å²) in [5.74, 6) is -0.246. The Morgan fingerprint density at radius 3 is 2.67 bits per heavy atom. The van der Waals surface area contributed by atoms with Crippen molar-refractivity contribution in [2.24, 2.45) is 0 Å². The lowest BCUT2D eigenvalue weighted by molar-refractivity contribution is -0.119. The van der Waals surface area contributed by atoms with Gasteiger partial charge in [-0.05, 0) is 36.8 Å². The zero-order chi connectivity index (χ0) is 17.4. The molecule has 2 rings (SSSR count). The van der Waals surface area contributed by atoms with Gasteiger partial charge in [-0.2, -0.15) is 0 Å². The number of carbonyl (C=O) groups is 2. The van der Waals surface area contributed by atoms with Gasteiger partial charge in [0, 0.05) is 17.8 Å². The molecule has 0 saturated carbocycles. The summed E-state index contributed by atoms with van der Waals surface area (Å²) in [4.78, 5) is 27.9. The van der Waals surface area contributed by atoms with Crippen LogP contribution in [-0.2, 0) is 4.79 Å². The Hall–Kier alpha value is -2.60. The molecule has 3 amide bonds. The van der Waals surface area contributed by atoms with Gasteiger partial charge in [0.25, 0.3) is 0 Å². The number of halogens is 1. The lowest BCUT2D eigenvalue weighted by Crippen LogP contribution is -2.43. The first kappa shape index (κ1) is 17.7. The van der Waals surface area contributed by atoms with Gasteiger partial charge in [0.2, 0.25) is 5.91 Å². The summed E-state index contributed by atoms with van der Waals surface area (Å²) in [6.45, 7) is 2.24. The number of aromatic nitrogens is 1. The third-order valence-electron chi connectivity index (χ3n) is 3.22. The summed E-state index contributed by atoms with van der Waals surface area (Å²) in [6, 6.07) is 11.7. The van der Waals surface area contributed by atoms with E-state index >= 15 is 0 Å². The number of likely N-dealkylation sites (N-methyl/N-ethyl adjacent to an activating group) is 1. The van der Waals surface area contributed by atoms with Crippen LogP contribution in [0.15, 0.2) is 48.7 Å². The van der Waals surface area contributed by atoms with Crippen LogP contribution in [-0.4, -0.2) is 30.0 Å². The normalized spacial score (nSPS) is 11.4. The average molecular weight is 347 g/mol. The highest BCUT2D eigenvalue weighted by Gasteiger charge is 2.18. The summed E-state index contributed by atoms with van der Waals surface area (Å²) < 4.78 is 0. The van der Waals surface area contributed by atoms with E-state index in [1.807, 2.05) is 31.2 Å². The summed E-state index contributed by atoms with van der Waals surface area (Å²) >= 11 is 6.05. The Kier molecular flexibility index (Phi) is 6.57. The number of hydrogen-bond donors (Lipinski definition) is 3. The first-order valence-corrected chi connectivity index (χ1v) is 7.95. The van der Waals surface area contributed by atoms with Crippen molar-refractivity contribution in [3.05, 3.63) is 64.9 Å². The topological polar surface area (TPSA) is 83.1 Å². The van der Waals surface area contributed by atoms with Crippen LogP contribution in [0.1, 0.15) is 24.2 Å². The van der Waals surface area contributed by atoms with Gasteiger partial charge >= 0.3 is 6.03 Å². The second-order valence-electron chi connectivity index (χ2n) is 5.02. The van der Waals surface area contributed by atoms with Crippen LogP contribution in [0, 0.1) is 0 Å². The smallest absolute Gasteiger partial charge is 0.316 e. The Bertz CT molecular complexity index is 694. The Morgan fingerprint density at radius 2 is 2.00 bits per heavy atom. The number of rotatable bonds is 6. The van der Waals surface area contributed by atoms with E-state index in [0.717, 1.165) is 5.56 Å². The standard InChI is InChI=1S/C17H19ClN4O2/c1-2-19-15(23)11-21-17(24)22-16(14-8-3-4-9-20-14)12-6-5-7-13(18)10-12/h3-10,16H,2,11H2,1H3,(H,19,23)(H2,21,22,24)/t16-/m1/s1. The molecule has 0 radical (unpaired) electrons. The summed E-state index contributed by atoms with van der Waals surface area (Å²) in [5, 5.41) is 8.53. The Labute approximate surface area is 145 Å². The molecular formula is C17H19ClN4O2. The highest BCUT2D eigenvalue weighted by molar-refractivity contribution is 6.30. The van der Waals surface area contributed by atoms with Crippen molar-refractivity contribution in [2.75, 3.05) is 13.1 Å². The number of hydrogen-bond acceptors (Lipinski definition) is 3. The molecule has 7 heteroatoms. The molecule has 1 aromatic heterocycles. The summed E-state index contributed by atoms with van der Waals surface area (Å²) in [7, 11) is 0. The number of nitrogens with zero attached hydrogens (tertiary/aromatic N) is 1. The van der Waals surface area contributed by atoms with E-state index in [0.29, 0.717) is 17.3 Å². The number of benzene rings is 1. The minimum atomic E-state index is -0.473. The second-order valence-corrected chi connectivity index (χ2v) is 5.46. The SMILES string of the molecule is CCNC(=O)CNC(=O)N[C@H](c1cccc(Cl)c1)c1ccccn1. The van der Waals surface area contributed by atoms with Crippen molar-refractivity contribution in [3.63, 3.8) is 0 Å². The van der Waals surface area contributed by atoms with E-state index in [1.54, 1.807) is 24.4 Å². The van der Waals surface area contributed by atoms with Crippen molar-refractivity contribution < 1.29 is 9.59 Å². The Balaban J connectivity index is 2.12. The zero-order valence-corrected chi connectivity index (χ0v) is 14.0. The maximum Gasteiger partial charge on any atom is 0.316 e. The van der Waals surface area contributed by atoms with Crippen molar-refractivity contribution in [1.82, 2.24) is 20.9 Å². The summed E-state index contributed by atoms with van der Waals surface area (Å²) in [6.07, 6.45) is 1.65. The molecule has 0 saturated heterocycles. The van der Waals surface area contributed by atoms with Crippen molar-refractivity contribution in [3.8, 4) is 0 Å². The molecule has 0 spiro atoms. The van der Waals surface area contributed by atoms with Gasteiger partial charge in [0.05, 0.1) is 18.3 Å². The van der Waals surface area contributed by atoms with Crippen molar-refractivity contribution in [1.29, 1.82) is 0 Å². The predicted octanol–water partition coefficient (Wildman–Crippen LogP) is 2.26. The monoisotopic (exact) mass is 346 g/mol. The molecule has 126 valence electrons. The second kappa shape index (κ2) is 8.88. The fourth-order valence-corrected chi connectivity index (χ4v) is 2.36. The lowest BCUT2D eigenvalue weighted by atomic mass is 10.0. The molecule has 3 N–H and O–H groups in total. The van der Waals surface area contributed by atoms with Crippen LogP contribution in [0.2, 0.25) is 5.02 Å². The van der Waals surface area contributed by atoms with E-state index in [9.17, 15) is 9.59 Å². The molecule has 2 aromatic rings. The fourth-order valence-electron chi connectivity index (χ4n) is 2.16. The molecule has 0 aliphatic heterocycles. The molecule has 0 aliphatic rings. The molecule has 6 nitrogen and oxygen atoms in total. The molecule has 0 unspecified atom stereocenters. The minimum Gasteiger partial charge on any atom is -0.355 e.